The van der Waals surface area contributed by atoms with Crippen molar-refractivity contribution in [2.75, 3.05) is 26.2 Å². The highest BCUT2D eigenvalue weighted by molar-refractivity contribution is 6.52. The molecule has 1 amide bonds. The van der Waals surface area contributed by atoms with Gasteiger partial charge in [-0.3, -0.25) is 14.5 Å². The van der Waals surface area contributed by atoms with Crippen LogP contribution < -0.4 is 19.1 Å². The molecule has 0 saturated carbocycles. The Morgan fingerprint density at radius 3 is 2.23 bits per heavy atom. The summed E-state index contributed by atoms with van der Waals surface area (Å²) in [4.78, 5) is 28.2. The Morgan fingerprint density at radius 2 is 1.57 bits per heavy atom. The first-order chi connectivity index (χ1) is 16.8. The Bertz CT molecular complexity index is 1350. The molecule has 180 valence electrons. The highest BCUT2D eigenvalue weighted by atomic mass is 35.5. The third kappa shape index (κ3) is 4.19. The number of aryl methyl sites for hydroxylation is 1. The molecule has 1 heterocycles. The van der Waals surface area contributed by atoms with Crippen LogP contribution in [0.2, 0.25) is 5.02 Å². The summed E-state index contributed by atoms with van der Waals surface area (Å²) in [7, 11) is 4.34. The lowest BCUT2D eigenvalue weighted by atomic mass is 9.94. The standard InChI is InChI=1S/C27H24ClNO6/c1-15-8-7-9-16(12-15)24-23(25(30)17-13-22(35-4)18(28)14-21(17)34-3)26(31)27(32)29(24)19-10-5-6-11-20(19)33-2/h5-14,24,30H,1-4H3/b25-23+. The van der Waals surface area contributed by atoms with Gasteiger partial charge in [-0.15, -0.1) is 0 Å². The molecule has 1 aliphatic heterocycles. The average Bonchev–Trinajstić information content (AvgIpc) is 3.13. The lowest BCUT2D eigenvalue weighted by Crippen LogP contribution is -2.29. The molecule has 35 heavy (non-hydrogen) atoms. The van der Waals surface area contributed by atoms with Gasteiger partial charge in [0.05, 0.1) is 49.2 Å². The Kier molecular flexibility index (Phi) is 6.71. The monoisotopic (exact) mass is 493 g/mol. The maximum Gasteiger partial charge on any atom is 0.300 e. The first-order valence-electron chi connectivity index (χ1n) is 10.7. The molecule has 1 N–H and O–H groups in total. The highest BCUT2D eigenvalue weighted by Crippen LogP contribution is 2.46. The molecule has 1 aliphatic rings. The summed E-state index contributed by atoms with van der Waals surface area (Å²) in [6, 6.07) is 16.4. The first-order valence-corrected chi connectivity index (χ1v) is 11.1. The van der Waals surface area contributed by atoms with Gasteiger partial charge in [-0.2, -0.15) is 0 Å². The van der Waals surface area contributed by atoms with Crippen molar-refractivity contribution in [1.29, 1.82) is 0 Å². The van der Waals surface area contributed by atoms with Crippen molar-refractivity contribution >= 4 is 34.7 Å². The van der Waals surface area contributed by atoms with E-state index in [2.05, 4.69) is 0 Å². The van der Waals surface area contributed by atoms with Crippen LogP contribution in [0.5, 0.6) is 17.2 Å². The van der Waals surface area contributed by atoms with Crippen LogP contribution >= 0.6 is 11.6 Å². The first kappa shape index (κ1) is 24.2. The maximum atomic E-state index is 13.4. The Labute approximate surface area is 208 Å². The number of carbonyl (C=O) groups excluding carboxylic acids is 2. The number of rotatable bonds is 6. The van der Waals surface area contributed by atoms with Crippen LogP contribution in [0.1, 0.15) is 22.7 Å². The van der Waals surface area contributed by atoms with Crippen molar-refractivity contribution in [3.63, 3.8) is 0 Å². The van der Waals surface area contributed by atoms with E-state index in [0.29, 0.717) is 17.0 Å². The number of halogens is 1. The van der Waals surface area contributed by atoms with E-state index in [1.165, 1.54) is 38.4 Å². The van der Waals surface area contributed by atoms with Crippen LogP contribution in [0.4, 0.5) is 5.69 Å². The second kappa shape index (κ2) is 9.72. The zero-order chi connectivity index (χ0) is 25.3. The second-order valence-corrected chi connectivity index (χ2v) is 8.35. The van der Waals surface area contributed by atoms with Gasteiger partial charge in [0.15, 0.2) is 0 Å². The van der Waals surface area contributed by atoms with Crippen molar-refractivity contribution in [3.05, 3.63) is 87.9 Å². The highest BCUT2D eigenvalue weighted by Gasteiger charge is 2.48. The molecule has 0 radical (unpaired) electrons. The Hall–Kier alpha value is -3.97. The number of aliphatic hydroxyl groups is 1. The number of anilines is 1. The van der Waals surface area contributed by atoms with Gasteiger partial charge < -0.3 is 19.3 Å². The van der Waals surface area contributed by atoms with Gasteiger partial charge in [0, 0.05) is 6.07 Å². The smallest absolute Gasteiger partial charge is 0.300 e. The summed E-state index contributed by atoms with van der Waals surface area (Å²) in [5.74, 6) is -1.12. The summed E-state index contributed by atoms with van der Waals surface area (Å²) in [6.07, 6.45) is 0. The van der Waals surface area contributed by atoms with Crippen LogP contribution in [0.3, 0.4) is 0 Å². The fourth-order valence-corrected chi connectivity index (χ4v) is 4.49. The van der Waals surface area contributed by atoms with Gasteiger partial charge in [0.25, 0.3) is 11.7 Å². The summed E-state index contributed by atoms with van der Waals surface area (Å²) < 4.78 is 16.2. The Balaban J connectivity index is 2.03. The van der Waals surface area contributed by atoms with Crippen molar-refractivity contribution in [1.82, 2.24) is 0 Å². The third-order valence-electron chi connectivity index (χ3n) is 5.88. The van der Waals surface area contributed by atoms with E-state index in [1.807, 2.05) is 25.1 Å². The van der Waals surface area contributed by atoms with E-state index in [-0.39, 0.29) is 27.7 Å². The number of hydrogen-bond acceptors (Lipinski definition) is 6. The normalized spacial score (nSPS) is 16.9. The summed E-state index contributed by atoms with van der Waals surface area (Å²) in [5.41, 5.74) is 2.07. The van der Waals surface area contributed by atoms with E-state index in [0.717, 1.165) is 5.56 Å². The molecule has 1 unspecified atom stereocenters. The Morgan fingerprint density at radius 1 is 0.886 bits per heavy atom. The van der Waals surface area contributed by atoms with Crippen molar-refractivity contribution in [2.45, 2.75) is 13.0 Å². The SMILES string of the molecule is COc1cc(/C(O)=C2\C(=O)C(=O)N(c3ccccc3OC)C2c2cccc(C)c2)c(OC)cc1Cl. The number of benzene rings is 3. The zero-order valence-electron chi connectivity index (χ0n) is 19.7. The van der Waals surface area contributed by atoms with Crippen molar-refractivity contribution < 1.29 is 28.9 Å². The van der Waals surface area contributed by atoms with Gasteiger partial charge in [0.1, 0.15) is 23.0 Å². The van der Waals surface area contributed by atoms with Crippen molar-refractivity contribution in [2.24, 2.45) is 0 Å². The van der Waals surface area contributed by atoms with Gasteiger partial charge in [-0.05, 0) is 30.7 Å². The molecule has 1 atom stereocenters. The topological polar surface area (TPSA) is 85.3 Å². The van der Waals surface area contributed by atoms with Gasteiger partial charge in [-0.25, -0.2) is 0 Å². The summed E-state index contributed by atoms with van der Waals surface area (Å²) >= 11 is 6.23. The number of hydrogen-bond donors (Lipinski definition) is 1. The van der Waals surface area contributed by atoms with E-state index in [4.69, 9.17) is 25.8 Å². The number of methoxy groups -OCH3 is 3. The summed E-state index contributed by atoms with van der Waals surface area (Å²) in [6.45, 7) is 1.91. The van der Waals surface area contributed by atoms with Crippen LogP contribution in [-0.2, 0) is 9.59 Å². The molecular weight excluding hydrogens is 470 g/mol. The number of nitrogens with zero attached hydrogens (tertiary/aromatic N) is 1. The molecule has 0 spiro atoms. The number of Topliss-reactive ketones (excluding diaryl/α,β-unsaturated/α-hetero) is 1. The molecule has 3 aromatic carbocycles. The molecule has 1 saturated heterocycles. The van der Waals surface area contributed by atoms with E-state index in [9.17, 15) is 14.7 Å². The molecule has 3 aromatic rings. The number of ether oxygens (including phenoxy) is 3. The van der Waals surface area contributed by atoms with E-state index >= 15 is 0 Å². The van der Waals surface area contributed by atoms with Crippen LogP contribution in [0.15, 0.2) is 66.2 Å². The van der Waals surface area contributed by atoms with Crippen molar-refractivity contribution in [3.8, 4) is 17.2 Å². The number of amides is 1. The number of ketones is 1. The fraction of sp³-hybridized carbons (Fsp3) is 0.185. The summed E-state index contributed by atoms with van der Waals surface area (Å²) in [5, 5.41) is 11.8. The average molecular weight is 494 g/mol. The molecular formula is C27H24ClNO6. The molecule has 0 bridgehead atoms. The van der Waals surface area contributed by atoms with Crippen LogP contribution in [0.25, 0.3) is 5.76 Å². The predicted octanol–water partition coefficient (Wildman–Crippen LogP) is 5.30. The lowest BCUT2D eigenvalue weighted by Gasteiger charge is -2.27. The second-order valence-electron chi connectivity index (χ2n) is 7.94. The molecule has 7 nitrogen and oxygen atoms in total. The van der Waals surface area contributed by atoms with Crippen LogP contribution in [0, 0.1) is 6.92 Å². The van der Waals surface area contributed by atoms with Gasteiger partial charge in [0.2, 0.25) is 0 Å². The molecule has 1 fully saturated rings. The van der Waals surface area contributed by atoms with Crippen LogP contribution in [-0.4, -0.2) is 38.1 Å². The minimum Gasteiger partial charge on any atom is -0.507 e. The number of carbonyl (C=O) groups is 2. The van der Waals surface area contributed by atoms with Gasteiger partial charge in [-0.1, -0.05) is 53.6 Å². The van der Waals surface area contributed by atoms with Gasteiger partial charge >= 0.3 is 0 Å². The molecule has 0 aliphatic carbocycles. The lowest BCUT2D eigenvalue weighted by molar-refractivity contribution is -0.132. The third-order valence-corrected chi connectivity index (χ3v) is 6.17. The minimum absolute atomic E-state index is 0.0887. The maximum absolute atomic E-state index is 13.4. The minimum atomic E-state index is -0.919. The molecule has 4 rings (SSSR count). The fourth-order valence-electron chi connectivity index (χ4n) is 4.26. The predicted molar refractivity (Wildman–Crippen MR) is 134 cm³/mol. The van der Waals surface area contributed by atoms with E-state index < -0.39 is 23.5 Å². The number of para-hydroxylation sites is 2. The van der Waals surface area contributed by atoms with E-state index in [1.54, 1.807) is 30.3 Å². The largest absolute Gasteiger partial charge is 0.507 e. The molecule has 0 aromatic heterocycles. The quantitative estimate of drug-likeness (QED) is 0.285. The zero-order valence-corrected chi connectivity index (χ0v) is 20.4. The number of aliphatic hydroxyl groups excluding tert-OH is 1. The molecule has 8 heteroatoms.